The number of alkyl halides is 2. The van der Waals surface area contributed by atoms with Crippen molar-refractivity contribution in [1.29, 1.82) is 0 Å². The lowest BCUT2D eigenvalue weighted by Gasteiger charge is -2.26. The highest BCUT2D eigenvalue weighted by Crippen LogP contribution is 2.37. The number of rotatable bonds is 8. The maximum atomic E-state index is 14.3. The molecule has 1 aliphatic rings. The van der Waals surface area contributed by atoms with Crippen LogP contribution in [-0.4, -0.2) is 13.2 Å². The molecule has 0 saturated carbocycles. The molecule has 6 heteroatoms. The Morgan fingerprint density at radius 3 is 2.52 bits per heavy atom. The Morgan fingerprint density at radius 1 is 1.16 bits per heavy atom. The molecule has 0 amide bonds. The number of ether oxygens (including phenoxy) is 2. The van der Waals surface area contributed by atoms with Crippen molar-refractivity contribution in [2.24, 2.45) is 5.92 Å². The molecule has 0 heterocycles. The molecule has 0 radical (unpaired) electrons. The van der Waals surface area contributed by atoms with Crippen molar-refractivity contribution in [3.8, 4) is 0 Å². The Labute approximate surface area is 145 Å². The summed E-state index contributed by atoms with van der Waals surface area (Å²) in [5.74, 6) is -2.41. The largest absolute Gasteiger partial charge is 0.434 e. The zero-order valence-electron chi connectivity index (χ0n) is 14.6. The van der Waals surface area contributed by atoms with E-state index < -0.39 is 23.3 Å². The number of benzene rings is 1. The molecule has 0 saturated heterocycles. The quantitative estimate of drug-likeness (QED) is 0.437. The van der Waals surface area contributed by atoms with Gasteiger partial charge in [0.15, 0.2) is 11.6 Å². The smallest absolute Gasteiger partial charge is 0.429 e. The van der Waals surface area contributed by atoms with Gasteiger partial charge in [0.05, 0.1) is 5.76 Å². The third kappa shape index (κ3) is 4.97. The van der Waals surface area contributed by atoms with E-state index in [1.807, 2.05) is 6.92 Å². The molecular formula is C19H24F4O2. The second-order valence-corrected chi connectivity index (χ2v) is 6.26. The summed E-state index contributed by atoms with van der Waals surface area (Å²) >= 11 is 0. The van der Waals surface area contributed by atoms with Crippen LogP contribution in [0, 0.1) is 17.6 Å². The highest BCUT2D eigenvalue weighted by Gasteiger charge is 2.40. The number of hydrogen-bond acceptors (Lipinski definition) is 2. The molecule has 0 N–H and O–H groups in total. The summed E-state index contributed by atoms with van der Waals surface area (Å²) < 4.78 is 66.5. The summed E-state index contributed by atoms with van der Waals surface area (Å²) in [6.07, 6.45) is 0.399. The van der Waals surface area contributed by atoms with Crippen LogP contribution in [0.5, 0.6) is 0 Å². The van der Waals surface area contributed by atoms with Crippen molar-refractivity contribution in [3.63, 3.8) is 0 Å². The lowest BCUT2D eigenvalue weighted by atomic mass is 9.94. The first kappa shape index (κ1) is 19.8. The molecule has 2 nitrogen and oxygen atoms in total. The minimum atomic E-state index is -3.91. The molecule has 1 aromatic carbocycles. The van der Waals surface area contributed by atoms with Crippen molar-refractivity contribution in [1.82, 2.24) is 0 Å². The molecule has 2 rings (SSSR count). The molecule has 25 heavy (non-hydrogen) atoms. The zero-order chi connectivity index (χ0) is 18.4. The van der Waals surface area contributed by atoms with E-state index >= 15 is 0 Å². The van der Waals surface area contributed by atoms with Crippen molar-refractivity contribution in [3.05, 3.63) is 46.7 Å². The lowest BCUT2D eigenvalue weighted by molar-refractivity contribution is -0.228. The summed E-state index contributed by atoms with van der Waals surface area (Å²) in [6, 6.07) is 2.06. The summed E-state index contributed by atoms with van der Waals surface area (Å²) in [5.41, 5.74) is -1.01. The molecule has 0 aromatic heterocycles. The van der Waals surface area contributed by atoms with E-state index in [1.54, 1.807) is 13.0 Å². The second kappa shape index (κ2) is 8.70. The number of aryl methyl sites for hydroxylation is 1. The first-order valence-corrected chi connectivity index (χ1v) is 8.70. The molecule has 1 unspecified atom stereocenters. The van der Waals surface area contributed by atoms with Gasteiger partial charge in [-0.05, 0) is 49.3 Å². The van der Waals surface area contributed by atoms with E-state index in [1.165, 1.54) is 6.07 Å². The Bertz CT molecular complexity index is 614. The van der Waals surface area contributed by atoms with Crippen LogP contribution in [0.25, 0.3) is 0 Å². The molecule has 0 spiro atoms. The monoisotopic (exact) mass is 360 g/mol. The Balaban J connectivity index is 2.03. The van der Waals surface area contributed by atoms with Crippen LogP contribution in [-0.2, 0) is 22.0 Å². The number of halogens is 4. The highest BCUT2D eigenvalue weighted by molar-refractivity contribution is 5.28. The highest BCUT2D eigenvalue weighted by atomic mass is 19.3. The van der Waals surface area contributed by atoms with Gasteiger partial charge in [0.25, 0.3) is 0 Å². The Hall–Kier alpha value is -1.56. The fraction of sp³-hybridized carbons (Fsp3) is 0.579. The Kier molecular flexibility index (Phi) is 6.87. The molecule has 1 aliphatic carbocycles. The number of hydrogen-bond donors (Lipinski definition) is 0. The standard InChI is InChI=1S/C19H24F4O2/c1-3-11-24-12-13-5-8-15(9-6-13)25-19(22,23)16-10-7-14(4-2)17(20)18(16)21/h7-8,10,13H,3-6,9,11-12H2,1-2H3. The van der Waals surface area contributed by atoms with Crippen LogP contribution in [0.4, 0.5) is 17.6 Å². The van der Waals surface area contributed by atoms with Crippen LogP contribution in [0.15, 0.2) is 24.0 Å². The minimum Gasteiger partial charge on any atom is -0.434 e. The third-order valence-corrected chi connectivity index (χ3v) is 4.30. The lowest BCUT2D eigenvalue weighted by Crippen LogP contribution is -2.23. The van der Waals surface area contributed by atoms with Gasteiger partial charge in [0.2, 0.25) is 0 Å². The first-order chi connectivity index (χ1) is 11.9. The molecule has 140 valence electrons. The van der Waals surface area contributed by atoms with Gasteiger partial charge in [0.1, 0.15) is 5.56 Å². The average Bonchev–Trinajstić information content (AvgIpc) is 2.58. The van der Waals surface area contributed by atoms with E-state index in [0.29, 0.717) is 32.5 Å². The van der Waals surface area contributed by atoms with Gasteiger partial charge in [-0.3, -0.25) is 0 Å². The van der Waals surface area contributed by atoms with Crippen LogP contribution in [0.1, 0.15) is 50.7 Å². The van der Waals surface area contributed by atoms with E-state index in [9.17, 15) is 17.6 Å². The van der Waals surface area contributed by atoms with Crippen molar-refractivity contribution < 1.29 is 27.0 Å². The summed E-state index contributed by atoms with van der Waals surface area (Å²) in [5, 5.41) is 0. The average molecular weight is 360 g/mol. The first-order valence-electron chi connectivity index (χ1n) is 8.70. The fourth-order valence-electron chi connectivity index (χ4n) is 2.81. The summed E-state index contributed by atoms with van der Waals surface area (Å²) in [6.45, 7) is 4.91. The second-order valence-electron chi connectivity index (χ2n) is 6.26. The van der Waals surface area contributed by atoms with Crippen LogP contribution < -0.4 is 0 Å². The van der Waals surface area contributed by atoms with Gasteiger partial charge >= 0.3 is 6.11 Å². The van der Waals surface area contributed by atoms with Crippen molar-refractivity contribution in [2.45, 2.75) is 52.1 Å². The van der Waals surface area contributed by atoms with E-state index in [-0.39, 0.29) is 23.7 Å². The third-order valence-electron chi connectivity index (χ3n) is 4.30. The van der Waals surface area contributed by atoms with E-state index in [4.69, 9.17) is 9.47 Å². The number of allylic oxidation sites excluding steroid dienone is 2. The predicted molar refractivity (Wildman–Crippen MR) is 87.2 cm³/mol. The minimum absolute atomic E-state index is 0.0591. The summed E-state index contributed by atoms with van der Waals surface area (Å²) in [4.78, 5) is 0. The van der Waals surface area contributed by atoms with Crippen LogP contribution in [0.3, 0.4) is 0 Å². The van der Waals surface area contributed by atoms with E-state index in [0.717, 1.165) is 12.5 Å². The normalized spacial score (nSPS) is 18.2. The van der Waals surface area contributed by atoms with Crippen molar-refractivity contribution >= 4 is 0 Å². The van der Waals surface area contributed by atoms with Crippen molar-refractivity contribution in [2.75, 3.05) is 13.2 Å². The molecule has 0 fully saturated rings. The van der Waals surface area contributed by atoms with Gasteiger partial charge in [0, 0.05) is 19.6 Å². The van der Waals surface area contributed by atoms with Crippen LogP contribution >= 0.6 is 0 Å². The maximum absolute atomic E-state index is 14.3. The van der Waals surface area contributed by atoms with Gasteiger partial charge in [-0.15, -0.1) is 0 Å². The molecular weight excluding hydrogens is 336 g/mol. The van der Waals surface area contributed by atoms with Gasteiger partial charge in [-0.25, -0.2) is 8.78 Å². The van der Waals surface area contributed by atoms with Gasteiger partial charge in [-0.2, -0.15) is 8.78 Å². The van der Waals surface area contributed by atoms with Crippen LogP contribution in [0.2, 0.25) is 0 Å². The molecule has 1 atom stereocenters. The Morgan fingerprint density at radius 2 is 1.92 bits per heavy atom. The zero-order valence-corrected chi connectivity index (χ0v) is 14.6. The van der Waals surface area contributed by atoms with Gasteiger partial charge in [-0.1, -0.05) is 19.9 Å². The summed E-state index contributed by atoms with van der Waals surface area (Å²) in [7, 11) is 0. The van der Waals surface area contributed by atoms with Gasteiger partial charge < -0.3 is 9.47 Å². The van der Waals surface area contributed by atoms with E-state index in [2.05, 4.69) is 0 Å². The molecule has 1 aromatic rings. The SMILES string of the molecule is CCCOCC1CC=C(OC(F)(F)c2ccc(CC)c(F)c2F)CC1. The fourth-order valence-corrected chi connectivity index (χ4v) is 2.81. The topological polar surface area (TPSA) is 18.5 Å². The molecule has 0 aliphatic heterocycles. The maximum Gasteiger partial charge on any atom is 0.429 e. The molecule has 0 bridgehead atoms. The predicted octanol–water partition coefficient (Wildman–Crippen LogP) is 5.70.